The van der Waals surface area contributed by atoms with Gasteiger partial charge in [0.25, 0.3) is 5.91 Å². The Bertz CT molecular complexity index is 1410. The number of nitrogens with zero attached hydrogens (tertiary/aromatic N) is 1. The molecule has 0 atom stereocenters. The Balaban J connectivity index is 1.42. The van der Waals surface area contributed by atoms with Crippen LogP contribution in [0, 0.1) is 5.41 Å². The maximum absolute atomic E-state index is 13.1. The molecule has 3 aromatic rings. The van der Waals surface area contributed by atoms with Gasteiger partial charge in [-0.15, -0.1) is 0 Å². The van der Waals surface area contributed by atoms with Crippen LogP contribution >= 0.6 is 0 Å². The number of ether oxygens (including phenoxy) is 2. The van der Waals surface area contributed by atoms with E-state index in [2.05, 4.69) is 0 Å². The third-order valence-corrected chi connectivity index (χ3v) is 6.35. The highest BCUT2D eigenvalue weighted by Crippen LogP contribution is 2.34. The highest BCUT2D eigenvalue weighted by molar-refractivity contribution is 6.06. The lowest BCUT2D eigenvalue weighted by Crippen LogP contribution is -2.30. The van der Waals surface area contributed by atoms with Crippen LogP contribution in [-0.4, -0.2) is 51.9 Å². The van der Waals surface area contributed by atoms with Gasteiger partial charge in [-0.25, -0.2) is 4.79 Å². The van der Waals surface area contributed by atoms with Crippen molar-refractivity contribution in [1.29, 1.82) is 5.41 Å². The number of nitrogens with one attached hydrogen (secondary N) is 2. The molecule has 10 nitrogen and oxygen atoms in total. The molecule has 0 aliphatic carbocycles. The van der Waals surface area contributed by atoms with Crippen LogP contribution in [0.15, 0.2) is 60.7 Å². The van der Waals surface area contributed by atoms with Crippen molar-refractivity contribution in [2.45, 2.75) is 32.9 Å². The number of ketones is 1. The van der Waals surface area contributed by atoms with Gasteiger partial charge < -0.3 is 19.5 Å². The average Bonchev–Trinajstić information content (AvgIpc) is 3.26. The largest absolute Gasteiger partial charge is 0.507 e. The smallest absolute Gasteiger partial charge is 0.344 e. The Hall–Kier alpha value is -4.70. The van der Waals surface area contributed by atoms with Gasteiger partial charge in [0.15, 0.2) is 12.4 Å². The zero-order chi connectivity index (χ0) is 27.9. The molecular formula is C29H29N3O7. The minimum atomic E-state index is -0.568. The van der Waals surface area contributed by atoms with E-state index in [1.807, 2.05) is 37.3 Å². The van der Waals surface area contributed by atoms with Crippen molar-refractivity contribution in [1.82, 2.24) is 10.4 Å². The fraction of sp³-hybridized carbons (Fsp3) is 0.241. The lowest BCUT2D eigenvalue weighted by molar-refractivity contribution is -0.147. The van der Waals surface area contributed by atoms with Gasteiger partial charge >= 0.3 is 5.97 Å². The Kier molecular flexibility index (Phi) is 8.57. The second-order valence-electron chi connectivity index (χ2n) is 9.07. The summed E-state index contributed by atoms with van der Waals surface area (Å²) in [6.45, 7) is 1.56. The van der Waals surface area contributed by atoms with E-state index in [1.165, 1.54) is 23.1 Å². The van der Waals surface area contributed by atoms with Gasteiger partial charge in [0, 0.05) is 23.2 Å². The molecule has 0 saturated heterocycles. The number of hydrogen-bond acceptors (Lipinski definition) is 8. The number of rotatable bonds is 11. The first kappa shape index (κ1) is 27.3. The number of aromatic hydroxyl groups is 1. The van der Waals surface area contributed by atoms with Crippen molar-refractivity contribution < 1.29 is 34.2 Å². The lowest BCUT2D eigenvalue weighted by atomic mass is 10.0. The number of phenols is 1. The molecule has 0 aromatic heterocycles. The molecule has 4 N–H and O–H groups in total. The first-order chi connectivity index (χ1) is 18.8. The molecule has 0 bridgehead atoms. The molecule has 1 aliphatic rings. The van der Waals surface area contributed by atoms with Crippen LogP contribution in [0.1, 0.15) is 56.3 Å². The SMILES string of the molecule is CCCc1c(OCC(=O)OCc2ccccc2)ccc(C(=O)CN2Cc3cc(C(=N)NO)ccc3C2=O)c1O. The molecule has 202 valence electrons. The number of hydrogen-bond donors (Lipinski definition) is 4. The number of benzene rings is 3. The van der Waals surface area contributed by atoms with Gasteiger partial charge in [-0.2, -0.15) is 0 Å². The van der Waals surface area contributed by atoms with Crippen LogP contribution in [-0.2, 0) is 29.1 Å². The highest BCUT2D eigenvalue weighted by atomic mass is 16.6. The summed E-state index contributed by atoms with van der Waals surface area (Å²) in [7, 11) is 0. The quantitative estimate of drug-likeness (QED) is 0.0964. The van der Waals surface area contributed by atoms with Crippen LogP contribution in [0.25, 0.3) is 0 Å². The number of carbonyl (C=O) groups excluding carboxylic acids is 3. The van der Waals surface area contributed by atoms with Gasteiger partial charge in [0.05, 0.1) is 12.1 Å². The lowest BCUT2D eigenvalue weighted by Gasteiger charge is -2.18. The van der Waals surface area contributed by atoms with Crippen LogP contribution in [0.2, 0.25) is 0 Å². The molecule has 4 rings (SSSR count). The Labute approximate surface area is 225 Å². The van der Waals surface area contributed by atoms with Crippen molar-refractivity contribution in [2.24, 2.45) is 0 Å². The molecule has 0 spiro atoms. The monoisotopic (exact) mass is 531 g/mol. The van der Waals surface area contributed by atoms with Gasteiger partial charge in [0.2, 0.25) is 0 Å². The molecule has 1 heterocycles. The number of amidine groups is 1. The second-order valence-corrected chi connectivity index (χ2v) is 9.07. The molecular weight excluding hydrogens is 502 g/mol. The zero-order valence-electron chi connectivity index (χ0n) is 21.4. The van der Waals surface area contributed by atoms with Crippen molar-refractivity contribution in [2.75, 3.05) is 13.2 Å². The molecule has 10 heteroatoms. The maximum Gasteiger partial charge on any atom is 0.344 e. The topological polar surface area (TPSA) is 149 Å². The molecule has 0 unspecified atom stereocenters. The molecule has 0 radical (unpaired) electrons. The summed E-state index contributed by atoms with van der Waals surface area (Å²) in [5.74, 6) is -1.54. The molecule has 3 aromatic carbocycles. The number of carbonyl (C=O) groups is 3. The third-order valence-electron chi connectivity index (χ3n) is 6.35. The van der Waals surface area contributed by atoms with Crippen LogP contribution in [0.3, 0.4) is 0 Å². The highest BCUT2D eigenvalue weighted by Gasteiger charge is 2.30. The van der Waals surface area contributed by atoms with E-state index in [0.717, 1.165) is 5.56 Å². The maximum atomic E-state index is 13.1. The Morgan fingerprint density at radius 3 is 2.59 bits per heavy atom. The summed E-state index contributed by atoms with van der Waals surface area (Å²) >= 11 is 0. The van der Waals surface area contributed by atoms with Crippen LogP contribution in [0.5, 0.6) is 11.5 Å². The molecule has 1 aliphatic heterocycles. The van der Waals surface area contributed by atoms with Crippen LogP contribution in [0.4, 0.5) is 0 Å². The van der Waals surface area contributed by atoms with E-state index in [-0.39, 0.29) is 55.1 Å². The third kappa shape index (κ3) is 6.24. The standard InChI is InChI=1S/C29H29N3O7/c1-2-6-23-25(38-17-26(34)39-16-18-7-4-3-5-8-18)12-11-22(27(23)35)24(33)15-32-14-20-13-19(28(30)31-37)9-10-21(20)29(32)36/h3-5,7-13,35,37H,2,6,14-17H2,1H3,(H2,30,31). The predicted octanol–water partition coefficient (Wildman–Crippen LogP) is 3.61. The second kappa shape index (κ2) is 12.2. The molecule has 0 saturated carbocycles. The molecule has 1 amide bonds. The first-order valence-electron chi connectivity index (χ1n) is 12.4. The van der Waals surface area contributed by atoms with E-state index in [0.29, 0.717) is 35.1 Å². The summed E-state index contributed by atoms with van der Waals surface area (Å²) in [4.78, 5) is 39.5. The number of phenolic OH excluding ortho intramolecular Hbond substituents is 1. The van der Waals surface area contributed by atoms with Gasteiger partial charge in [0.1, 0.15) is 23.9 Å². The van der Waals surface area contributed by atoms with Crippen molar-refractivity contribution in [3.05, 3.63) is 94.0 Å². The normalized spacial score (nSPS) is 12.2. The molecule has 39 heavy (non-hydrogen) atoms. The summed E-state index contributed by atoms with van der Waals surface area (Å²) in [5, 5.41) is 27.6. The Morgan fingerprint density at radius 2 is 1.87 bits per heavy atom. The van der Waals surface area contributed by atoms with E-state index in [1.54, 1.807) is 17.6 Å². The van der Waals surface area contributed by atoms with Gasteiger partial charge in [-0.3, -0.25) is 25.7 Å². The average molecular weight is 532 g/mol. The first-order valence-corrected chi connectivity index (χ1v) is 12.4. The van der Waals surface area contributed by atoms with E-state index in [9.17, 15) is 19.5 Å². The Morgan fingerprint density at radius 1 is 1.10 bits per heavy atom. The van der Waals surface area contributed by atoms with E-state index < -0.39 is 11.8 Å². The van der Waals surface area contributed by atoms with Crippen molar-refractivity contribution >= 4 is 23.5 Å². The van der Waals surface area contributed by atoms with Crippen molar-refractivity contribution in [3.8, 4) is 11.5 Å². The van der Waals surface area contributed by atoms with Crippen molar-refractivity contribution in [3.63, 3.8) is 0 Å². The van der Waals surface area contributed by atoms with Crippen LogP contribution < -0.4 is 10.2 Å². The molecule has 0 fully saturated rings. The van der Waals surface area contributed by atoms with Gasteiger partial charge in [-0.1, -0.05) is 49.7 Å². The number of esters is 1. The number of hydroxylamine groups is 1. The number of amides is 1. The zero-order valence-corrected chi connectivity index (χ0v) is 21.4. The number of fused-ring (bicyclic) bond motifs is 1. The summed E-state index contributed by atoms with van der Waals surface area (Å²) in [6.07, 6.45) is 1.06. The van der Waals surface area contributed by atoms with E-state index >= 15 is 0 Å². The summed E-state index contributed by atoms with van der Waals surface area (Å²) in [6, 6.07) is 16.9. The minimum absolute atomic E-state index is 0.0492. The summed E-state index contributed by atoms with van der Waals surface area (Å²) < 4.78 is 10.9. The summed E-state index contributed by atoms with van der Waals surface area (Å²) in [5.41, 5.74) is 4.51. The fourth-order valence-electron chi connectivity index (χ4n) is 4.37. The predicted molar refractivity (Wildman–Crippen MR) is 141 cm³/mol. The minimum Gasteiger partial charge on any atom is -0.507 e. The van der Waals surface area contributed by atoms with E-state index in [4.69, 9.17) is 20.1 Å². The fourth-order valence-corrected chi connectivity index (χ4v) is 4.37. The van der Waals surface area contributed by atoms with Gasteiger partial charge in [-0.05, 0) is 41.8 Å². The number of Topliss-reactive ketones (excluding diaryl/α,β-unsaturated/α-hetero) is 1.